The van der Waals surface area contributed by atoms with Crippen LogP contribution in [0.5, 0.6) is 0 Å². The second kappa shape index (κ2) is 10.5. The smallest absolute Gasteiger partial charge is 0.340 e. The monoisotopic (exact) mass is 520 g/mol. The van der Waals surface area contributed by atoms with Crippen LogP contribution in [0.3, 0.4) is 0 Å². The van der Waals surface area contributed by atoms with Crippen molar-refractivity contribution in [3.63, 3.8) is 0 Å². The van der Waals surface area contributed by atoms with Crippen LogP contribution in [-0.2, 0) is 16.0 Å². The number of piperidine rings is 1. The predicted molar refractivity (Wildman–Crippen MR) is 145 cm³/mol. The van der Waals surface area contributed by atoms with Crippen molar-refractivity contribution < 1.29 is 18.7 Å². The molecule has 1 atom stereocenters. The maximum absolute atomic E-state index is 14.0. The fourth-order valence-corrected chi connectivity index (χ4v) is 6.38. The van der Waals surface area contributed by atoms with E-state index in [2.05, 4.69) is 29.9 Å². The lowest BCUT2D eigenvalue weighted by Gasteiger charge is -2.41. The van der Waals surface area contributed by atoms with Crippen molar-refractivity contribution in [3.8, 4) is 5.69 Å². The molecule has 0 aliphatic carbocycles. The van der Waals surface area contributed by atoms with Gasteiger partial charge in [-0.2, -0.15) is 0 Å². The largest absolute Gasteiger partial charge is 0.465 e. The van der Waals surface area contributed by atoms with Gasteiger partial charge in [0.15, 0.2) is 0 Å². The summed E-state index contributed by atoms with van der Waals surface area (Å²) in [4.78, 5) is 33.2. The van der Waals surface area contributed by atoms with Crippen LogP contribution in [0.1, 0.15) is 54.6 Å². The van der Waals surface area contributed by atoms with E-state index in [0.29, 0.717) is 11.6 Å². The van der Waals surface area contributed by atoms with Gasteiger partial charge in [0.05, 0.1) is 30.1 Å². The number of hydrogen-bond acceptors (Lipinski definition) is 5. The molecule has 2 fully saturated rings. The molecule has 38 heavy (non-hydrogen) atoms. The highest BCUT2D eigenvalue weighted by Gasteiger charge is 2.35. The molecule has 202 valence electrons. The van der Waals surface area contributed by atoms with Crippen LogP contribution in [0.2, 0.25) is 0 Å². The molecule has 0 saturated carbocycles. The number of carbonyl (C=O) groups excluding carboxylic acids is 2. The number of aromatic nitrogens is 2. The second-order valence-electron chi connectivity index (χ2n) is 11.4. The molecule has 2 saturated heterocycles. The molecule has 1 aromatic carbocycles. The minimum atomic E-state index is -0.572. The van der Waals surface area contributed by atoms with Gasteiger partial charge in [-0.3, -0.25) is 9.78 Å². The number of likely N-dealkylation sites (tertiary alicyclic amines) is 2. The van der Waals surface area contributed by atoms with Crippen LogP contribution in [-0.4, -0.2) is 71.1 Å². The molecule has 1 amide bonds. The van der Waals surface area contributed by atoms with E-state index in [1.165, 1.54) is 24.8 Å². The molecule has 2 aliphatic heterocycles. The van der Waals surface area contributed by atoms with Gasteiger partial charge in [-0.1, -0.05) is 6.92 Å². The molecule has 3 aromatic rings. The van der Waals surface area contributed by atoms with E-state index in [-0.39, 0.29) is 16.9 Å². The standard InChI is InChI=1S/C30H37FN4O3/c1-20-15-32-16-27-28(20)23(18-35(27)26-6-5-24(31)14-25(26)29(37)38-4)13-22-7-10-33(17-22)19-30(3)8-11-34(12-9-30)21(2)36/h5-6,14-16,18,22H,7-13,17,19H2,1-4H3/t22-/m0/s1. The van der Waals surface area contributed by atoms with Gasteiger partial charge in [-0.05, 0) is 79.8 Å². The highest BCUT2D eigenvalue weighted by Crippen LogP contribution is 2.36. The van der Waals surface area contributed by atoms with Gasteiger partial charge in [-0.25, -0.2) is 9.18 Å². The zero-order valence-corrected chi connectivity index (χ0v) is 22.8. The lowest BCUT2D eigenvalue weighted by atomic mass is 9.80. The fourth-order valence-electron chi connectivity index (χ4n) is 6.38. The SMILES string of the molecule is COC(=O)c1cc(F)ccc1-n1cc(C[C@@H]2CCN(CC3(C)CCN(C(C)=O)CC3)C2)c2c(C)cncc21. The number of hydrogen-bond donors (Lipinski definition) is 0. The van der Waals surface area contributed by atoms with Crippen molar-refractivity contribution in [1.82, 2.24) is 19.4 Å². The van der Waals surface area contributed by atoms with Crippen molar-refractivity contribution in [3.05, 3.63) is 59.3 Å². The van der Waals surface area contributed by atoms with Gasteiger partial charge in [0, 0.05) is 50.9 Å². The molecule has 7 nitrogen and oxygen atoms in total. The maximum Gasteiger partial charge on any atom is 0.340 e. The first-order chi connectivity index (χ1) is 18.2. The third-order valence-electron chi connectivity index (χ3n) is 8.50. The van der Waals surface area contributed by atoms with Crippen LogP contribution in [0, 0.1) is 24.1 Å². The van der Waals surface area contributed by atoms with E-state index in [0.717, 1.165) is 74.9 Å². The lowest BCUT2D eigenvalue weighted by molar-refractivity contribution is -0.131. The van der Waals surface area contributed by atoms with Crippen LogP contribution in [0.15, 0.2) is 36.8 Å². The zero-order chi connectivity index (χ0) is 27.0. The summed E-state index contributed by atoms with van der Waals surface area (Å²) in [5, 5.41) is 1.14. The summed E-state index contributed by atoms with van der Waals surface area (Å²) >= 11 is 0. The number of aryl methyl sites for hydroxylation is 1. The Morgan fingerprint density at radius 2 is 1.95 bits per heavy atom. The molecule has 0 spiro atoms. The highest BCUT2D eigenvalue weighted by atomic mass is 19.1. The summed E-state index contributed by atoms with van der Waals surface area (Å²) in [7, 11) is 1.31. The Bertz CT molecular complexity index is 1360. The normalized spacial score (nSPS) is 19.7. The Kier molecular flexibility index (Phi) is 7.27. The summed E-state index contributed by atoms with van der Waals surface area (Å²) in [6, 6.07) is 4.22. The maximum atomic E-state index is 14.0. The summed E-state index contributed by atoms with van der Waals surface area (Å²) in [5.74, 6) is -0.350. The first-order valence-corrected chi connectivity index (χ1v) is 13.5. The minimum absolute atomic E-state index is 0.178. The molecule has 2 aliphatic rings. The minimum Gasteiger partial charge on any atom is -0.465 e. The number of benzene rings is 1. The number of nitrogens with zero attached hydrogens (tertiary/aromatic N) is 4. The molecule has 0 radical (unpaired) electrons. The van der Waals surface area contributed by atoms with E-state index in [1.54, 1.807) is 13.0 Å². The van der Waals surface area contributed by atoms with Crippen molar-refractivity contribution >= 4 is 22.8 Å². The average molecular weight is 521 g/mol. The number of rotatable bonds is 6. The van der Waals surface area contributed by atoms with Gasteiger partial charge >= 0.3 is 5.97 Å². The molecular formula is C30H37FN4O3. The van der Waals surface area contributed by atoms with Crippen molar-refractivity contribution in [2.75, 3.05) is 39.8 Å². The predicted octanol–water partition coefficient (Wildman–Crippen LogP) is 4.77. The van der Waals surface area contributed by atoms with Gasteiger partial charge in [-0.15, -0.1) is 0 Å². The Balaban J connectivity index is 1.36. The number of esters is 1. The van der Waals surface area contributed by atoms with Gasteiger partial charge in [0.25, 0.3) is 0 Å². The molecular weight excluding hydrogens is 483 g/mol. The number of halogens is 1. The van der Waals surface area contributed by atoms with E-state index in [4.69, 9.17) is 4.74 Å². The summed E-state index contributed by atoms with van der Waals surface area (Å²) in [6.07, 6.45) is 9.93. The molecule has 0 bridgehead atoms. The number of pyridine rings is 1. The molecule has 2 aromatic heterocycles. The summed E-state index contributed by atoms with van der Waals surface area (Å²) < 4.78 is 20.9. The average Bonchev–Trinajstić information content (AvgIpc) is 3.48. The third kappa shape index (κ3) is 5.19. The number of amides is 1. The summed E-state index contributed by atoms with van der Waals surface area (Å²) in [6.45, 7) is 11.0. The first-order valence-electron chi connectivity index (χ1n) is 13.5. The first kappa shape index (κ1) is 26.4. The number of carbonyl (C=O) groups is 2. The van der Waals surface area contributed by atoms with Crippen LogP contribution in [0.25, 0.3) is 16.6 Å². The van der Waals surface area contributed by atoms with Gasteiger partial charge < -0.3 is 19.1 Å². The molecule has 8 heteroatoms. The molecule has 0 N–H and O–H groups in total. The second-order valence-corrected chi connectivity index (χ2v) is 11.4. The van der Waals surface area contributed by atoms with E-state index in [9.17, 15) is 14.0 Å². The highest BCUT2D eigenvalue weighted by molar-refractivity contribution is 5.95. The van der Waals surface area contributed by atoms with E-state index < -0.39 is 11.8 Å². The molecule has 0 unspecified atom stereocenters. The molecule has 5 rings (SSSR count). The van der Waals surface area contributed by atoms with Crippen LogP contribution >= 0.6 is 0 Å². The Hall–Kier alpha value is -3.26. The van der Waals surface area contributed by atoms with Crippen molar-refractivity contribution in [2.24, 2.45) is 11.3 Å². The number of methoxy groups -OCH3 is 1. The number of fused-ring (bicyclic) bond motifs is 1. The quantitative estimate of drug-likeness (QED) is 0.438. The van der Waals surface area contributed by atoms with Crippen LogP contribution in [0.4, 0.5) is 4.39 Å². The lowest BCUT2D eigenvalue weighted by Crippen LogP contribution is -2.45. The fraction of sp³-hybridized carbons (Fsp3) is 0.500. The van der Waals surface area contributed by atoms with Crippen molar-refractivity contribution in [1.29, 1.82) is 0 Å². The van der Waals surface area contributed by atoms with Gasteiger partial charge in [0.2, 0.25) is 5.91 Å². The van der Waals surface area contributed by atoms with E-state index >= 15 is 0 Å². The number of ether oxygens (including phenoxy) is 1. The third-order valence-corrected chi connectivity index (χ3v) is 8.50. The van der Waals surface area contributed by atoms with Crippen LogP contribution < -0.4 is 0 Å². The topological polar surface area (TPSA) is 67.7 Å². The Morgan fingerprint density at radius 1 is 1.18 bits per heavy atom. The zero-order valence-electron chi connectivity index (χ0n) is 22.8. The van der Waals surface area contributed by atoms with Crippen molar-refractivity contribution in [2.45, 2.75) is 46.5 Å². The van der Waals surface area contributed by atoms with Gasteiger partial charge in [0.1, 0.15) is 5.82 Å². The molecule has 4 heterocycles. The Morgan fingerprint density at radius 3 is 2.66 bits per heavy atom. The Labute approximate surface area is 223 Å². The van der Waals surface area contributed by atoms with E-state index in [1.807, 2.05) is 21.9 Å². The summed E-state index contributed by atoms with van der Waals surface area (Å²) in [5.41, 5.74) is 4.21.